The number of nitro groups is 1. The van der Waals surface area contributed by atoms with Crippen LogP contribution in [-0.4, -0.2) is 10.1 Å². The van der Waals surface area contributed by atoms with Crippen molar-refractivity contribution in [2.45, 2.75) is 27.7 Å². The third-order valence-corrected chi connectivity index (χ3v) is 3.18. The summed E-state index contributed by atoms with van der Waals surface area (Å²) in [4.78, 5) is 10.5. The van der Waals surface area contributed by atoms with E-state index in [1.54, 1.807) is 13.0 Å². The Balaban J connectivity index is 2.43. The first-order chi connectivity index (χ1) is 9.40. The number of benzene rings is 1. The lowest BCUT2D eigenvalue weighted by Gasteiger charge is -2.06. The molecule has 1 heterocycles. The first-order valence-corrected chi connectivity index (χ1v) is 6.26. The van der Waals surface area contributed by atoms with Crippen molar-refractivity contribution < 1.29 is 9.45 Å². The minimum absolute atomic E-state index is 0.0799. The molecule has 0 saturated carbocycles. The van der Waals surface area contributed by atoms with E-state index in [9.17, 15) is 10.1 Å². The molecule has 0 radical (unpaired) electrons. The van der Waals surface area contributed by atoms with Crippen LogP contribution in [0.3, 0.4) is 0 Å². The summed E-state index contributed by atoms with van der Waals surface area (Å²) in [6.45, 7) is 7.62. The minimum atomic E-state index is -0.472. The van der Waals surface area contributed by atoms with E-state index in [4.69, 9.17) is 4.52 Å². The van der Waals surface area contributed by atoms with Crippen LogP contribution in [0.15, 0.2) is 16.7 Å². The van der Waals surface area contributed by atoms with Crippen LogP contribution in [0.25, 0.3) is 12.2 Å². The van der Waals surface area contributed by atoms with E-state index in [1.165, 1.54) is 5.56 Å². The molecule has 5 heteroatoms. The van der Waals surface area contributed by atoms with Gasteiger partial charge in [-0.25, -0.2) is 0 Å². The zero-order chi connectivity index (χ0) is 14.9. The Labute approximate surface area is 117 Å². The average molecular weight is 272 g/mol. The number of aryl methyl sites for hydroxylation is 4. The maximum atomic E-state index is 11.0. The van der Waals surface area contributed by atoms with Gasteiger partial charge in [-0.05, 0) is 50.5 Å². The van der Waals surface area contributed by atoms with Crippen LogP contribution in [0.2, 0.25) is 0 Å². The van der Waals surface area contributed by atoms with E-state index in [2.05, 4.69) is 17.3 Å². The van der Waals surface area contributed by atoms with Gasteiger partial charge < -0.3 is 4.52 Å². The van der Waals surface area contributed by atoms with Gasteiger partial charge in [0, 0.05) is 0 Å². The topological polar surface area (TPSA) is 69.2 Å². The first kappa shape index (κ1) is 14.0. The molecule has 0 N–H and O–H groups in total. The normalized spacial score (nSPS) is 11.2. The molecule has 0 fully saturated rings. The van der Waals surface area contributed by atoms with Gasteiger partial charge in [0.2, 0.25) is 5.76 Å². The summed E-state index contributed by atoms with van der Waals surface area (Å²) < 4.78 is 5.00. The molecule has 0 aliphatic carbocycles. The van der Waals surface area contributed by atoms with Crippen molar-refractivity contribution in [3.8, 4) is 0 Å². The first-order valence-electron chi connectivity index (χ1n) is 6.26. The molecular weight excluding hydrogens is 256 g/mol. The maximum absolute atomic E-state index is 11.0. The molecule has 2 rings (SSSR count). The molecule has 0 bridgehead atoms. The van der Waals surface area contributed by atoms with Gasteiger partial charge in [-0.3, -0.25) is 10.1 Å². The van der Waals surface area contributed by atoms with Crippen molar-refractivity contribution in [3.63, 3.8) is 0 Å². The second-order valence-corrected chi connectivity index (χ2v) is 4.88. The molecular formula is C15H16N2O3. The lowest BCUT2D eigenvalue weighted by atomic mass is 9.99. The highest BCUT2D eigenvalue weighted by Gasteiger charge is 2.21. The lowest BCUT2D eigenvalue weighted by Crippen LogP contribution is -1.91. The van der Waals surface area contributed by atoms with Crippen LogP contribution >= 0.6 is 0 Å². The fourth-order valence-corrected chi connectivity index (χ4v) is 2.33. The molecule has 104 valence electrons. The van der Waals surface area contributed by atoms with Crippen LogP contribution < -0.4 is 0 Å². The largest absolute Gasteiger partial charge is 0.349 e. The quantitative estimate of drug-likeness (QED) is 0.625. The molecule has 0 amide bonds. The molecule has 0 unspecified atom stereocenters. The van der Waals surface area contributed by atoms with Gasteiger partial charge in [-0.1, -0.05) is 28.9 Å². The van der Waals surface area contributed by atoms with E-state index in [1.807, 2.05) is 26.8 Å². The number of hydrogen-bond acceptors (Lipinski definition) is 4. The highest BCUT2D eigenvalue weighted by molar-refractivity contribution is 5.74. The summed E-state index contributed by atoms with van der Waals surface area (Å²) in [5.74, 6) is 0.173. The Kier molecular flexibility index (Phi) is 3.70. The maximum Gasteiger partial charge on any atom is 0.338 e. The van der Waals surface area contributed by atoms with Crippen LogP contribution in [0.1, 0.15) is 33.7 Å². The van der Waals surface area contributed by atoms with Gasteiger partial charge in [-0.15, -0.1) is 0 Å². The van der Waals surface area contributed by atoms with Gasteiger partial charge in [0.25, 0.3) is 0 Å². The van der Waals surface area contributed by atoms with Crippen LogP contribution in [0, 0.1) is 37.8 Å². The van der Waals surface area contributed by atoms with Crippen molar-refractivity contribution in [1.82, 2.24) is 5.16 Å². The average Bonchev–Trinajstić information content (AvgIpc) is 2.69. The Hall–Kier alpha value is -2.43. The van der Waals surface area contributed by atoms with Gasteiger partial charge >= 0.3 is 5.69 Å². The third kappa shape index (κ3) is 2.61. The smallest absolute Gasteiger partial charge is 0.338 e. The standard InChI is InChI=1S/C15H16N2O3/c1-9-7-10(2)13(11(3)8-9)5-6-14-15(17(18)19)12(4)16-20-14/h5-8H,1-4H3/b6-5+. The second kappa shape index (κ2) is 5.28. The summed E-state index contributed by atoms with van der Waals surface area (Å²) >= 11 is 0. The Morgan fingerprint density at radius 1 is 1.15 bits per heavy atom. The summed E-state index contributed by atoms with van der Waals surface area (Å²) in [7, 11) is 0. The molecule has 0 aliphatic heterocycles. The van der Waals surface area contributed by atoms with Gasteiger partial charge in [-0.2, -0.15) is 0 Å². The van der Waals surface area contributed by atoms with Crippen molar-refractivity contribution in [3.05, 3.63) is 56.0 Å². The second-order valence-electron chi connectivity index (χ2n) is 4.88. The minimum Gasteiger partial charge on any atom is -0.349 e. The fourth-order valence-electron chi connectivity index (χ4n) is 2.33. The summed E-state index contributed by atoms with van der Waals surface area (Å²) in [6.07, 6.45) is 3.43. The molecule has 0 aliphatic rings. The van der Waals surface area contributed by atoms with E-state index < -0.39 is 4.92 Å². The number of hydrogen-bond donors (Lipinski definition) is 0. The van der Waals surface area contributed by atoms with E-state index >= 15 is 0 Å². The van der Waals surface area contributed by atoms with E-state index in [0.29, 0.717) is 0 Å². The van der Waals surface area contributed by atoms with Crippen LogP contribution in [-0.2, 0) is 0 Å². The molecule has 20 heavy (non-hydrogen) atoms. The molecule has 0 saturated heterocycles. The molecule has 2 aromatic rings. The Morgan fingerprint density at radius 3 is 2.30 bits per heavy atom. The molecule has 1 aromatic carbocycles. The Bertz CT molecular complexity index is 676. The van der Waals surface area contributed by atoms with E-state index in [-0.39, 0.29) is 17.1 Å². The monoisotopic (exact) mass is 272 g/mol. The number of nitrogens with zero attached hydrogens (tertiary/aromatic N) is 2. The van der Waals surface area contributed by atoms with Crippen molar-refractivity contribution in [2.75, 3.05) is 0 Å². The van der Waals surface area contributed by atoms with E-state index in [0.717, 1.165) is 16.7 Å². The highest BCUT2D eigenvalue weighted by atomic mass is 16.6. The fraction of sp³-hybridized carbons (Fsp3) is 0.267. The highest BCUT2D eigenvalue weighted by Crippen LogP contribution is 2.26. The molecule has 0 atom stereocenters. The Morgan fingerprint density at radius 2 is 1.75 bits per heavy atom. The zero-order valence-electron chi connectivity index (χ0n) is 11.9. The van der Waals surface area contributed by atoms with Gasteiger partial charge in [0.1, 0.15) is 0 Å². The number of aromatic nitrogens is 1. The summed E-state index contributed by atoms with van der Waals surface area (Å²) in [6, 6.07) is 4.15. The van der Waals surface area contributed by atoms with Crippen molar-refractivity contribution in [2.24, 2.45) is 0 Å². The molecule has 0 spiro atoms. The predicted octanol–water partition coefficient (Wildman–Crippen LogP) is 3.99. The summed E-state index contributed by atoms with van der Waals surface area (Å²) in [5, 5.41) is 14.6. The van der Waals surface area contributed by atoms with Crippen molar-refractivity contribution >= 4 is 17.8 Å². The van der Waals surface area contributed by atoms with Gasteiger partial charge in [0.05, 0.1) is 4.92 Å². The zero-order valence-corrected chi connectivity index (χ0v) is 11.9. The van der Waals surface area contributed by atoms with Crippen LogP contribution in [0.4, 0.5) is 5.69 Å². The SMILES string of the molecule is Cc1cc(C)c(/C=C/c2onc(C)c2[N+](=O)[O-])c(C)c1. The third-order valence-electron chi connectivity index (χ3n) is 3.18. The number of rotatable bonds is 3. The lowest BCUT2D eigenvalue weighted by molar-refractivity contribution is -0.386. The molecule has 1 aromatic heterocycles. The predicted molar refractivity (Wildman–Crippen MR) is 77.5 cm³/mol. The van der Waals surface area contributed by atoms with Gasteiger partial charge in [0.15, 0.2) is 5.69 Å². The summed E-state index contributed by atoms with van der Waals surface area (Å²) in [5.41, 5.74) is 4.68. The molecule has 5 nitrogen and oxygen atoms in total. The van der Waals surface area contributed by atoms with Crippen molar-refractivity contribution in [1.29, 1.82) is 0 Å². The van der Waals surface area contributed by atoms with Crippen LogP contribution in [0.5, 0.6) is 0 Å².